The Morgan fingerprint density at radius 3 is 2.79 bits per heavy atom. The summed E-state index contributed by atoms with van der Waals surface area (Å²) in [4.78, 5) is 0. The van der Waals surface area contributed by atoms with Crippen molar-refractivity contribution >= 4 is 0 Å². The average Bonchev–Trinajstić information content (AvgIpc) is 2.72. The van der Waals surface area contributed by atoms with Crippen LogP contribution >= 0.6 is 0 Å². The molecule has 1 fully saturated rings. The van der Waals surface area contributed by atoms with Gasteiger partial charge in [-0.05, 0) is 36.3 Å². The van der Waals surface area contributed by atoms with Gasteiger partial charge in [0.15, 0.2) is 0 Å². The fraction of sp³-hybridized carbons (Fsp3) is 0.538. The monoisotopic (exact) mass is 188 g/mol. The highest BCUT2D eigenvalue weighted by Gasteiger charge is 2.61. The van der Waals surface area contributed by atoms with E-state index in [1.807, 2.05) is 0 Å². The van der Waals surface area contributed by atoms with Crippen LogP contribution in [0.2, 0.25) is 0 Å². The molecule has 1 N–H and O–H groups in total. The summed E-state index contributed by atoms with van der Waals surface area (Å²) in [7, 11) is 0. The molecule has 1 saturated carbocycles. The molecule has 0 aromatic heterocycles. The maximum Gasteiger partial charge on any atom is 0.0613 e. The summed E-state index contributed by atoms with van der Waals surface area (Å²) in [6.07, 6.45) is 3.23. The molecule has 1 heteroatoms. The summed E-state index contributed by atoms with van der Waals surface area (Å²) in [5, 5.41) is 9.79. The second kappa shape index (κ2) is 2.60. The van der Waals surface area contributed by atoms with E-state index in [9.17, 15) is 5.11 Å². The number of aliphatic hydroxyl groups excluding tert-OH is 1. The van der Waals surface area contributed by atoms with Crippen LogP contribution in [0.5, 0.6) is 0 Å². The number of rotatable bonds is 1. The van der Waals surface area contributed by atoms with E-state index < -0.39 is 0 Å². The number of aliphatic hydroxyl groups is 1. The Balaban J connectivity index is 2.06. The van der Waals surface area contributed by atoms with Gasteiger partial charge in [0.2, 0.25) is 0 Å². The van der Waals surface area contributed by atoms with Crippen LogP contribution in [0.3, 0.4) is 0 Å². The first-order chi connectivity index (χ1) is 6.78. The van der Waals surface area contributed by atoms with Crippen LogP contribution < -0.4 is 0 Å². The molecule has 0 saturated heterocycles. The summed E-state index contributed by atoms with van der Waals surface area (Å²) in [6, 6.07) is 8.69. The normalized spacial score (nSPS) is 38.7. The van der Waals surface area contributed by atoms with E-state index in [4.69, 9.17) is 0 Å². The van der Waals surface area contributed by atoms with Gasteiger partial charge in [-0.3, -0.25) is 0 Å². The zero-order valence-corrected chi connectivity index (χ0v) is 8.53. The minimum atomic E-state index is -0.0418. The summed E-state index contributed by atoms with van der Waals surface area (Å²) in [6.45, 7) is 2.24. The maximum atomic E-state index is 9.79. The van der Waals surface area contributed by atoms with Gasteiger partial charge in [-0.2, -0.15) is 0 Å². The molecule has 0 amide bonds. The number of fused-ring (bicyclic) bond motifs is 1. The molecular weight excluding hydrogens is 172 g/mol. The third-order valence-electron chi connectivity index (χ3n) is 4.13. The Kier molecular flexibility index (Phi) is 1.58. The first-order valence-electron chi connectivity index (χ1n) is 5.54. The number of benzene rings is 1. The molecular formula is C13H16O. The Labute approximate surface area is 84.8 Å². The van der Waals surface area contributed by atoms with Crippen molar-refractivity contribution in [3.63, 3.8) is 0 Å². The second-order valence-corrected chi connectivity index (χ2v) is 4.79. The molecule has 1 aromatic carbocycles. The highest BCUT2D eigenvalue weighted by molar-refractivity contribution is 5.42. The van der Waals surface area contributed by atoms with Crippen molar-refractivity contribution in [2.45, 2.75) is 38.2 Å². The van der Waals surface area contributed by atoms with E-state index in [1.165, 1.54) is 11.1 Å². The average molecular weight is 188 g/mol. The molecule has 0 bridgehead atoms. The van der Waals surface area contributed by atoms with E-state index in [0.717, 1.165) is 19.3 Å². The van der Waals surface area contributed by atoms with E-state index in [1.54, 1.807) is 0 Å². The van der Waals surface area contributed by atoms with Crippen LogP contribution in [0.15, 0.2) is 24.3 Å². The summed E-state index contributed by atoms with van der Waals surface area (Å²) < 4.78 is 0. The molecule has 1 unspecified atom stereocenters. The van der Waals surface area contributed by atoms with Crippen molar-refractivity contribution in [1.29, 1.82) is 0 Å². The van der Waals surface area contributed by atoms with Gasteiger partial charge >= 0.3 is 0 Å². The largest absolute Gasteiger partial charge is 0.392 e. The van der Waals surface area contributed by atoms with Crippen LogP contribution in [0.25, 0.3) is 0 Å². The van der Waals surface area contributed by atoms with Crippen LogP contribution in [0.1, 0.15) is 36.8 Å². The van der Waals surface area contributed by atoms with Gasteiger partial charge < -0.3 is 5.11 Å². The smallest absolute Gasteiger partial charge is 0.0613 e. The quantitative estimate of drug-likeness (QED) is 0.718. The van der Waals surface area contributed by atoms with E-state index >= 15 is 0 Å². The molecule has 74 valence electrons. The van der Waals surface area contributed by atoms with Crippen molar-refractivity contribution in [1.82, 2.24) is 0 Å². The Bertz CT molecular complexity index is 371. The van der Waals surface area contributed by atoms with Crippen molar-refractivity contribution < 1.29 is 5.11 Å². The maximum absolute atomic E-state index is 9.79. The van der Waals surface area contributed by atoms with Crippen LogP contribution in [0.4, 0.5) is 0 Å². The van der Waals surface area contributed by atoms with Gasteiger partial charge in [0.25, 0.3) is 0 Å². The lowest BCUT2D eigenvalue weighted by atomic mass is 9.87. The van der Waals surface area contributed by atoms with Crippen molar-refractivity contribution in [2.75, 3.05) is 0 Å². The molecule has 1 aromatic rings. The van der Waals surface area contributed by atoms with Crippen molar-refractivity contribution in [3.05, 3.63) is 35.4 Å². The van der Waals surface area contributed by atoms with Crippen LogP contribution in [0, 0.1) is 5.41 Å². The Morgan fingerprint density at radius 1 is 1.43 bits per heavy atom. The summed E-state index contributed by atoms with van der Waals surface area (Å²) in [5.41, 5.74) is 3.20. The lowest BCUT2D eigenvalue weighted by molar-refractivity contribution is 0.205. The van der Waals surface area contributed by atoms with Crippen LogP contribution in [-0.2, 0) is 6.42 Å². The third kappa shape index (κ3) is 0.885. The van der Waals surface area contributed by atoms with Gasteiger partial charge in [-0.1, -0.05) is 31.2 Å². The lowest BCUT2D eigenvalue weighted by Crippen LogP contribution is -2.12. The van der Waals surface area contributed by atoms with Gasteiger partial charge in [-0.25, -0.2) is 0 Å². The molecule has 0 radical (unpaired) electrons. The molecule has 3 atom stereocenters. The summed E-state index contributed by atoms with van der Waals surface area (Å²) >= 11 is 0. The Morgan fingerprint density at radius 2 is 2.14 bits per heavy atom. The molecule has 1 spiro atoms. The predicted molar refractivity (Wildman–Crippen MR) is 56.2 cm³/mol. The molecule has 2 aliphatic rings. The van der Waals surface area contributed by atoms with Gasteiger partial charge in [0.1, 0.15) is 0 Å². The van der Waals surface area contributed by atoms with Crippen molar-refractivity contribution in [3.8, 4) is 0 Å². The standard InChI is InChI=1S/C13H16O/c1-2-11-10-6-4-3-5-9(10)7-13(11)8-12(13)14/h3-6,11-12,14H,2,7-8H2,1H3/t11-,12?,13+/m1/s1. The minimum Gasteiger partial charge on any atom is -0.392 e. The van der Waals surface area contributed by atoms with E-state index in [2.05, 4.69) is 31.2 Å². The molecule has 1 nitrogen and oxygen atoms in total. The van der Waals surface area contributed by atoms with E-state index in [0.29, 0.717) is 5.92 Å². The second-order valence-electron chi connectivity index (χ2n) is 4.79. The molecule has 0 heterocycles. The van der Waals surface area contributed by atoms with Crippen LogP contribution in [-0.4, -0.2) is 11.2 Å². The lowest BCUT2D eigenvalue weighted by Gasteiger charge is -2.17. The predicted octanol–water partition coefficient (Wildman–Crippen LogP) is 2.49. The molecule has 3 rings (SSSR count). The zero-order chi connectivity index (χ0) is 9.76. The number of hydrogen-bond donors (Lipinski definition) is 1. The fourth-order valence-electron chi connectivity index (χ4n) is 3.31. The van der Waals surface area contributed by atoms with Gasteiger partial charge in [-0.15, -0.1) is 0 Å². The molecule has 0 aliphatic heterocycles. The van der Waals surface area contributed by atoms with Crippen molar-refractivity contribution in [2.24, 2.45) is 5.41 Å². The highest BCUT2D eigenvalue weighted by Crippen LogP contribution is 2.63. The molecule has 14 heavy (non-hydrogen) atoms. The molecule has 2 aliphatic carbocycles. The van der Waals surface area contributed by atoms with Gasteiger partial charge in [0, 0.05) is 5.41 Å². The first kappa shape index (κ1) is 8.49. The Hall–Kier alpha value is -0.820. The first-order valence-corrected chi connectivity index (χ1v) is 5.54. The minimum absolute atomic E-state index is 0.0418. The highest BCUT2D eigenvalue weighted by atomic mass is 16.3. The van der Waals surface area contributed by atoms with E-state index in [-0.39, 0.29) is 11.5 Å². The zero-order valence-electron chi connectivity index (χ0n) is 8.53. The third-order valence-corrected chi connectivity index (χ3v) is 4.13. The number of hydrogen-bond acceptors (Lipinski definition) is 1. The SMILES string of the molecule is CC[C@@H]1c2ccccc2C[C@]12CC2O. The van der Waals surface area contributed by atoms with Gasteiger partial charge in [0.05, 0.1) is 6.10 Å². The topological polar surface area (TPSA) is 20.2 Å². The fourth-order valence-corrected chi connectivity index (χ4v) is 3.31. The summed E-state index contributed by atoms with van der Waals surface area (Å²) in [5.74, 6) is 0.605.